The number of rotatable bonds is 6. The van der Waals surface area contributed by atoms with E-state index in [0.29, 0.717) is 13.1 Å². The van der Waals surface area contributed by atoms with Crippen molar-refractivity contribution in [2.75, 3.05) is 6.54 Å². The number of nitrogens with zero attached hydrogens (tertiary/aromatic N) is 2. The molecule has 0 radical (unpaired) electrons. The Bertz CT molecular complexity index is 537. The fourth-order valence-corrected chi connectivity index (χ4v) is 3.07. The van der Waals surface area contributed by atoms with E-state index < -0.39 is 0 Å². The molecule has 2 aromatic heterocycles. The molecule has 0 saturated heterocycles. The van der Waals surface area contributed by atoms with Gasteiger partial charge in [0, 0.05) is 11.9 Å². The van der Waals surface area contributed by atoms with Gasteiger partial charge in [-0.25, -0.2) is 9.98 Å². The van der Waals surface area contributed by atoms with Gasteiger partial charge in [0.1, 0.15) is 0 Å². The summed E-state index contributed by atoms with van der Waals surface area (Å²) in [5, 5.41) is 14.1. The van der Waals surface area contributed by atoms with Gasteiger partial charge in [-0.1, -0.05) is 6.92 Å². The third-order valence-electron chi connectivity index (χ3n) is 2.68. The highest BCUT2D eigenvalue weighted by atomic mass is 127. The maximum Gasteiger partial charge on any atom is 0.191 e. The Hall–Kier alpha value is -0.670. The monoisotopic (exact) mass is 436 g/mol. The first-order valence-electron chi connectivity index (χ1n) is 6.78. The lowest BCUT2D eigenvalue weighted by Gasteiger charge is -2.09. The first-order valence-corrected chi connectivity index (χ1v) is 8.60. The number of aryl methyl sites for hydroxylation is 1. The van der Waals surface area contributed by atoms with Crippen molar-refractivity contribution in [1.29, 1.82) is 0 Å². The Morgan fingerprint density at radius 2 is 2.14 bits per heavy atom. The van der Waals surface area contributed by atoms with Gasteiger partial charge in [0.05, 0.1) is 23.8 Å². The van der Waals surface area contributed by atoms with E-state index in [1.165, 1.54) is 10.6 Å². The second kappa shape index (κ2) is 10.1. The second-order valence-electron chi connectivity index (χ2n) is 4.27. The minimum Gasteiger partial charge on any atom is -0.357 e. The lowest BCUT2D eigenvalue weighted by molar-refractivity contribution is 0.800. The number of thiazole rings is 1. The standard InChI is InChI=1S/C14H20N4S2.HI/c1-3-13-18-12(10-20-13)8-17-14(15-4-2)16-7-11-5-6-19-9-11;/h5-6,9-10H,3-4,7-8H2,1-2H3,(H2,15,16,17);1H. The summed E-state index contributed by atoms with van der Waals surface area (Å²) < 4.78 is 0. The van der Waals surface area contributed by atoms with Crippen LogP contribution in [0.3, 0.4) is 0 Å². The van der Waals surface area contributed by atoms with Gasteiger partial charge in [0.25, 0.3) is 0 Å². The number of hydrogen-bond acceptors (Lipinski definition) is 4. The van der Waals surface area contributed by atoms with Crippen molar-refractivity contribution in [3.63, 3.8) is 0 Å². The molecule has 0 aliphatic rings. The number of aromatic nitrogens is 1. The number of hydrogen-bond donors (Lipinski definition) is 2. The summed E-state index contributed by atoms with van der Waals surface area (Å²) >= 11 is 3.42. The van der Waals surface area contributed by atoms with Crippen molar-refractivity contribution in [2.45, 2.75) is 33.4 Å². The van der Waals surface area contributed by atoms with Crippen LogP contribution in [0.15, 0.2) is 27.2 Å². The molecule has 2 aromatic rings. The van der Waals surface area contributed by atoms with Gasteiger partial charge in [0.2, 0.25) is 0 Å². The minimum atomic E-state index is 0. The molecule has 0 aromatic carbocycles. The maximum absolute atomic E-state index is 4.57. The van der Waals surface area contributed by atoms with Crippen molar-refractivity contribution in [1.82, 2.24) is 15.6 Å². The Morgan fingerprint density at radius 3 is 2.76 bits per heavy atom. The molecule has 0 aliphatic carbocycles. The van der Waals surface area contributed by atoms with Gasteiger partial charge in [0.15, 0.2) is 5.96 Å². The Balaban J connectivity index is 0.00000220. The number of nitrogens with one attached hydrogen (secondary N) is 2. The summed E-state index contributed by atoms with van der Waals surface area (Å²) in [6.07, 6.45) is 0.997. The van der Waals surface area contributed by atoms with Gasteiger partial charge in [-0.15, -0.1) is 35.3 Å². The molecule has 116 valence electrons. The largest absolute Gasteiger partial charge is 0.357 e. The first kappa shape index (κ1) is 18.4. The highest BCUT2D eigenvalue weighted by molar-refractivity contribution is 14.0. The number of thiophene rings is 1. The molecule has 0 aliphatic heterocycles. The van der Waals surface area contributed by atoms with Gasteiger partial charge in [-0.2, -0.15) is 11.3 Å². The van der Waals surface area contributed by atoms with E-state index in [1.54, 1.807) is 22.7 Å². The Labute approximate surface area is 151 Å². The molecule has 2 rings (SSSR count). The number of aliphatic imine (C=N–C) groups is 1. The van der Waals surface area contributed by atoms with E-state index in [1.807, 2.05) is 0 Å². The van der Waals surface area contributed by atoms with Crippen LogP contribution in [0.1, 0.15) is 30.1 Å². The smallest absolute Gasteiger partial charge is 0.191 e. The van der Waals surface area contributed by atoms with Crippen molar-refractivity contribution < 1.29 is 0 Å². The van der Waals surface area contributed by atoms with Crippen molar-refractivity contribution in [3.05, 3.63) is 38.5 Å². The molecular formula is C14H21IN4S2. The second-order valence-corrected chi connectivity index (χ2v) is 5.99. The molecule has 0 atom stereocenters. The highest BCUT2D eigenvalue weighted by Crippen LogP contribution is 2.10. The topological polar surface area (TPSA) is 49.3 Å². The molecule has 0 amide bonds. The van der Waals surface area contributed by atoms with Gasteiger partial charge in [-0.3, -0.25) is 0 Å². The summed E-state index contributed by atoms with van der Waals surface area (Å²) in [4.78, 5) is 9.12. The van der Waals surface area contributed by atoms with Crippen LogP contribution in [0.2, 0.25) is 0 Å². The highest BCUT2D eigenvalue weighted by Gasteiger charge is 2.02. The third-order valence-corrected chi connectivity index (χ3v) is 4.46. The zero-order chi connectivity index (χ0) is 14.2. The molecule has 0 spiro atoms. The van der Waals surface area contributed by atoms with Crippen molar-refractivity contribution >= 4 is 52.6 Å². The normalized spacial score (nSPS) is 11.0. The zero-order valence-electron chi connectivity index (χ0n) is 12.3. The number of halogens is 1. The van der Waals surface area contributed by atoms with Gasteiger partial charge >= 0.3 is 0 Å². The van der Waals surface area contributed by atoms with E-state index in [4.69, 9.17) is 0 Å². The fraction of sp³-hybridized carbons (Fsp3) is 0.429. The quantitative estimate of drug-likeness (QED) is 0.413. The van der Waals surface area contributed by atoms with Crippen LogP contribution >= 0.6 is 46.7 Å². The summed E-state index contributed by atoms with van der Waals surface area (Å²) in [5.41, 5.74) is 2.32. The summed E-state index contributed by atoms with van der Waals surface area (Å²) in [7, 11) is 0. The fourth-order valence-electron chi connectivity index (χ4n) is 1.66. The number of guanidine groups is 1. The van der Waals surface area contributed by atoms with Crippen LogP contribution in [-0.2, 0) is 19.5 Å². The Morgan fingerprint density at radius 1 is 1.29 bits per heavy atom. The molecule has 4 nitrogen and oxygen atoms in total. The molecule has 0 bridgehead atoms. The molecular weight excluding hydrogens is 415 g/mol. The van der Waals surface area contributed by atoms with Crippen LogP contribution in [0.25, 0.3) is 0 Å². The summed E-state index contributed by atoms with van der Waals surface area (Å²) in [6.45, 7) is 6.47. The SMILES string of the molecule is CCNC(=NCc1ccsc1)NCc1csc(CC)n1.I. The van der Waals surface area contributed by atoms with Crippen LogP contribution in [-0.4, -0.2) is 17.5 Å². The molecule has 0 saturated carbocycles. The molecule has 21 heavy (non-hydrogen) atoms. The average molecular weight is 436 g/mol. The molecule has 0 fully saturated rings. The van der Waals surface area contributed by atoms with E-state index in [2.05, 4.69) is 56.7 Å². The lowest BCUT2D eigenvalue weighted by Crippen LogP contribution is -2.36. The van der Waals surface area contributed by atoms with Gasteiger partial charge in [-0.05, 0) is 35.7 Å². The van der Waals surface area contributed by atoms with Crippen molar-refractivity contribution in [2.24, 2.45) is 4.99 Å². The predicted octanol–water partition coefficient (Wildman–Crippen LogP) is 3.64. The predicted molar refractivity (Wildman–Crippen MR) is 103 cm³/mol. The van der Waals surface area contributed by atoms with Crippen LogP contribution in [0.4, 0.5) is 0 Å². The molecule has 0 unspecified atom stereocenters. The molecule has 2 heterocycles. The van der Waals surface area contributed by atoms with Crippen molar-refractivity contribution in [3.8, 4) is 0 Å². The zero-order valence-corrected chi connectivity index (χ0v) is 16.2. The van der Waals surface area contributed by atoms with Crippen LogP contribution in [0, 0.1) is 0 Å². The van der Waals surface area contributed by atoms with Crippen LogP contribution in [0.5, 0.6) is 0 Å². The van der Waals surface area contributed by atoms with Gasteiger partial charge < -0.3 is 10.6 Å². The van der Waals surface area contributed by atoms with E-state index >= 15 is 0 Å². The molecule has 7 heteroatoms. The van der Waals surface area contributed by atoms with E-state index in [9.17, 15) is 0 Å². The minimum absolute atomic E-state index is 0. The summed E-state index contributed by atoms with van der Waals surface area (Å²) in [5.74, 6) is 0.838. The maximum atomic E-state index is 4.57. The third kappa shape index (κ3) is 6.31. The van der Waals surface area contributed by atoms with Crippen LogP contribution < -0.4 is 10.6 Å². The average Bonchev–Trinajstić information content (AvgIpc) is 3.13. The Kier molecular flexibility index (Phi) is 8.86. The van der Waals surface area contributed by atoms with E-state index in [0.717, 1.165) is 24.6 Å². The molecule has 2 N–H and O–H groups in total. The lowest BCUT2D eigenvalue weighted by atomic mass is 10.3. The van der Waals surface area contributed by atoms with E-state index in [-0.39, 0.29) is 24.0 Å². The summed E-state index contributed by atoms with van der Waals surface area (Å²) in [6, 6.07) is 2.10. The first-order chi connectivity index (χ1) is 9.81.